The highest BCUT2D eigenvalue weighted by molar-refractivity contribution is 5.94. The summed E-state index contributed by atoms with van der Waals surface area (Å²) in [4.78, 5) is 17.3. The molecular formula is C24H31N3O5. The fourth-order valence-corrected chi connectivity index (χ4v) is 3.94. The number of benzene rings is 2. The fraction of sp³-hybridized carbons (Fsp3) is 0.458. The Balaban J connectivity index is 1.27. The molecule has 2 heterocycles. The smallest absolute Gasteiger partial charge is 0.238 e. The molecule has 4 rings (SSSR count). The molecule has 0 unspecified atom stereocenters. The van der Waals surface area contributed by atoms with Crippen LogP contribution in [0.3, 0.4) is 0 Å². The summed E-state index contributed by atoms with van der Waals surface area (Å²) in [5.74, 6) is 2.94. The molecule has 8 heteroatoms. The molecule has 32 heavy (non-hydrogen) atoms. The summed E-state index contributed by atoms with van der Waals surface area (Å²) in [6.07, 6.45) is 0. The number of fused-ring (bicyclic) bond motifs is 1. The van der Waals surface area contributed by atoms with Crippen molar-refractivity contribution in [1.29, 1.82) is 0 Å². The second-order valence-corrected chi connectivity index (χ2v) is 7.81. The molecule has 0 aromatic heterocycles. The third-order valence-electron chi connectivity index (χ3n) is 5.51. The number of carbonyl (C=O) groups excluding carboxylic acids is 1. The van der Waals surface area contributed by atoms with Crippen molar-refractivity contribution in [2.45, 2.75) is 20.4 Å². The lowest BCUT2D eigenvalue weighted by Crippen LogP contribution is -2.48. The van der Waals surface area contributed by atoms with Gasteiger partial charge in [0.15, 0.2) is 11.5 Å². The Hall–Kier alpha value is -2.97. The number of ether oxygens (including phenoxy) is 4. The predicted molar refractivity (Wildman–Crippen MR) is 122 cm³/mol. The molecule has 1 saturated heterocycles. The summed E-state index contributed by atoms with van der Waals surface area (Å²) in [5.41, 5.74) is 1.85. The van der Waals surface area contributed by atoms with Gasteiger partial charge >= 0.3 is 0 Å². The first-order valence-electron chi connectivity index (χ1n) is 11.2. The molecule has 2 aromatic carbocycles. The minimum absolute atomic E-state index is 0.0520. The Morgan fingerprint density at radius 2 is 1.69 bits per heavy atom. The molecule has 2 aromatic rings. The molecule has 0 radical (unpaired) electrons. The normalized spacial score (nSPS) is 16.1. The summed E-state index contributed by atoms with van der Waals surface area (Å²) in [7, 11) is 0. The lowest BCUT2D eigenvalue weighted by Gasteiger charge is -2.34. The number of nitrogens with one attached hydrogen (secondary N) is 1. The largest absolute Gasteiger partial charge is 0.494 e. The van der Waals surface area contributed by atoms with Gasteiger partial charge < -0.3 is 24.3 Å². The second-order valence-electron chi connectivity index (χ2n) is 7.81. The van der Waals surface area contributed by atoms with Crippen LogP contribution in [0.25, 0.3) is 0 Å². The number of nitrogens with zero attached hydrogens (tertiary/aromatic N) is 2. The van der Waals surface area contributed by atoms with Gasteiger partial charge in [0.25, 0.3) is 0 Å². The van der Waals surface area contributed by atoms with E-state index >= 15 is 0 Å². The Labute approximate surface area is 189 Å². The quantitative estimate of drug-likeness (QED) is 0.641. The van der Waals surface area contributed by atoms with Crippen LogP contribution >= 0.6 is 0 Å². The third kappa shape index (κ3) is 5.63. The van der Waals surface area contributed by atoms with Crippen molar-refractivity contribution < 1.29 is 23.7 Å². The molecule has 8 nitrogen and oxygen atoms in total. The van der Waals surface area contributed by atoms with E-state index in [-0.39, 0.29) is 5.91 Å². The van der Waals surface area contributed by atoms with E-state index in [0.717, 1.165) is 44.2 Å². The van der Waals surface area contributed by atoms with Crippen molar-refractivity contribution >= 4 is 11.6 Å². The molecule has 0 atom stereocenters. The van der Waals surface area contributed by atoms with Crippen molar-refractivity contribution in [3.8, 4) is 23.0 Å². The number of rotatable bonds is 9. The van der Waals surface area contributed by atoms with Gasteiger partial charge in [-0.1, -0.05) is 6.07 Å². The van der Waals surface area contributed by atoms with Crippen LogP contribution in [0.5, 0.6) is 23.0 Å². The summed E-state index contributed by atoms with van der Waals surface area (Å²) in [5, 5.41) is 2.99. The summed E-state index contributed by atoms with van der Waals surface area (Å²) in [6.45, 7) is 9.95. The zero-order chi connectivity index (χ0) is 22.3. The topological polar surface area (TPSA) is 72.5 Å². The highest BCUT2D eigenvalue weighted by atomic mass is 16.7. The van der Waals surface area contributed by atoms with Crippen molar-refractivity contribution in [2.24, 2.45) is 0 Å². The number of hydrogen-bond acceptors (Lipinski definition) is 7. The molecule has 1 amide bonds. The van der Waals surface area contributed by atoms with Gasteiger partial charge in [-0.3, -0.25) is 14.6 Å². The summed E-state index contributed by atoms with van der Waals surface area (Å²) in [6, 6.07) is 11.6. The molecular weight excluding hydrogens is 410 g/mol. The Morgan fingerprint density at radius 3 is 2.47 bits per heavy atom. The predicted octanol–water partition coefficient (Wildman–Crippen LogP) is 2.97. The molecule has 1 N–H and O–H groups in total. The van der Waals surface area contributed by atoms with Crippen LogP contribution in [0.1, 0.15) is 19.4 Å². The molecule has 2 aliphatic rings. The van der Waals surface area contributed by atoms with E-state index in [4.69, 9.17) is 18.9 Å². The van der Waals surface area contributed by atoms with Crippen LogP contribution in [0.2, 0.25) is 0 Å². The molecule has 0 bridgehead atoms. The molecule has 1 fully saturated rings. The van der Waals surface area contributed by atoms with Crippen molar-refractivity contribution in [3.05, 3.63) is 42.0 Å². The highest BCUT2D eigenvalue weighted by Gasteiger charge is 2.21. The van der Waals surface area contributed by atoms with E-state index in [0.29, 0.717) is 43.7 Å². The number of amides is 1. The zero-order valence-corrected chi connectivity index (χ0v) is 18.8. The highest BCUT2D eigenvalue weighted by Crippen LogP contribution is 2.33. The van der Waals surface area contributed by atoms with Gasteiger partial charge in [-0.2, -0.15) is 0 Å². The Bertz CT molecular complexity index is 928. The molecule has 0 saturated carbocycles. The lowest BCUT2D eigenvalue weighted by atomic mass is 10.1. The van der Waals surface area contributed by atoms with E-state index in [1.807, 2.05) is 38.1 Å². The van der Waals surface area contributed by atoms with E-state index in [1.165, 1.54) is 5.56 Å². The zero-order valence-electron chi connectivity index (χ0n) is 18.8. The average Bonchev–Trinajstić information content (AvgIpc) is 3.25. The van der Waals surface area contributed by atoms with Crippen LogP contribution in [-0.4, -0.2) is 68.4 Å². The first kappa shape index (κ1) is 22.2. The van der Waals surface area contributed by atoms with Crippen molar-refractivity contribution in [2.75, 3.05) is 58.0 Å². The maximum Gasteiger partial charge on any atom is 0.238 e. The number of anilines is 1. The maximum absolute atomic E-state index is 12.7. The summed E-state index contributed by atoms with van der Waals surface area (Å²) >= 11 is 0. The first-order valence-corrected chi connectivity index (χ1v) is 11.2. The van der Waals surface area contributed by atoms with Gasteiger partial charge in [0.2, 0.25) is 12.7 Å². The number of hydrogen-bond donors (Lipinski definition) is 1. The average molecular weight is 442 g/mol. The Morgan fingerprint density at radius 1 is 0.938 bits per heavy atom. The Kier molecular flexibility index (Phi) is 7.34. The van der Waals surface area contributed by atoms with Crippen LogP contribution in [0, 0.1) is 0 Å². The van der Waals surface area contributed by atoms with Crippen LogP contribution < -0.4 is 24.3 Å². The molecule has 0 aliphatic carbocycles. The number of piperazine rings is 1. The van der Waals surface area contributed by atoms with Crippen LogP contribution in [0.4, 0.5) is 5.69 Å². The van der Waals surface area contributed by atoms with Crippen molar-refractivity contribution in [3.63, 3.8) is 0 Å². The fourth-order valence-electron chi connectivity index (χ4n) is 3.94. The monoisotopic (exact) mass is 441 g/mol. The van der Waals surface area contributed by atoms with Crippen molar-refractivity contribution in [1.82, 2.24) is 9.80 Å². The van der Waals surface area contributed by atoms with E-state index in [1.54, 1.807) is 0 Å². The number of carbonyl (C=O) groups is 1. The van der Waals surface area contributed by atoms with Gasteiger partial charge in [0.1, 0.15) is 11.5 Å². The van der Waals surface area contributed by atoms with Gasteiger partial charge in [0, 0.05) is 38.8 Å². The van der Waals surface area contributed by atoms with Gasteiger partial charge in [-0.25, -0.2) is 0 Å². The van der Waals surface area contributed by atoms with E-state index in [9.17, 15) is 4.79 Å². The molecule has 172 valence electrons. The summed E-state index contributed by atoms with van der Waals surface area (Å²) < 4.78 is 22.1. The molecule has 0 spiro atoms. The lowest BCUT2D eigenvalue weighted by molar-refractivity contribution is -0.117. The molecule has 2 aliphatic heterocycles. The van der Waals surface area contributed by atoms with Crippen LogP contribution in [0.15, 0.2) is 36.4 Å². The minimum Gasteiger partial charge on any atom is -0.494 e. The third-order valence-corrected chi connectivity index (χ3v) is 5.51. The van der Waals surface area contributed by atoms with Gasteiger partial charge in [0.05, 0.1) is 25.4 Å². The first-order chi connectivity index (χ1) is 15.6. The van der Waals surface area contributed by atoms with Gasteiger partial charge in [-0.15, -0.1) is 0 Å². The van der Waals surface area contributed by atoms with E-state index < -0.39 is 0 Å². The SMILES string of the molecule is CCOc1ccc(OCC)c(NC(=O)CN2CCN(Cc3ccc4c(c3)OCO4)CC2)c1. The second kappa shape index (κ2) is 10.6. The minimum atomic E-state index is -0.0520. The van der Waals surface area contributed by atoms with Gasteiger partial charge in [-0.05, 0) is 43.7 Å². The van der Waals surface area contributed by atoms with Crippen LogP contribution in [-0.2, 0) is 11.3 Å². The maximum atomic E-state index is 12.7. The van der Waals surface area contributed by atoms with E-state index in [2.05, 4.69) is 27.2 Å². The standard InChI is InChI=1S/C24H31N3O5/c1-3-29-19-6-8-21(30-4-2)20(14-19)25-24(28)16-27-11-9-26(10-12-27)15-18-5-7-22-23(13-18)32-17-31-22/h5-8,13-14H,3-4,9-12,15-17H2,1-2H3,(H,25,28).